The van der Waals surface area contributed by atoms with Crippen molar-refractivity contribution in [2.45, 2.75) is 38.7 Å². The number of hydrogen-bond acceptors (Lipinski definition) is 5. The van der Waals surface area contributed by atoms with Crippen LogP contribution in [0.15, 0.2) is 47.4 Å². The Balaban J connectivity index is 1.70. The Morgan fingerprint density at radius 3 is 2.60 bits per heavy atom. The summed E-state index contributed by atoms with van der Waals surface area (Å²) < 4.78 is 1.12. The fraction of sp³-hybridized carbons (Fsp3) is 0.389. The molecule has 0 saturated heterocycles. The normalized spacial score (nSPS) is 10.4. The monoisotopic (exact) mass is 345 g/mol. The molecule has 2 aromatic rings. The number of rotatable bonds is 11. The maximum Gasteiger partial charge on any atom is 0.382 e. The van der Waals surface area contributed by atoms with Crippen LogP contribution in [-0.2, 0) is 11.4 Å². The third-order valence-corrected chi connectivity index (χ3v) is 3.61. The smallest absolute Gasteiger partial charge is 0.382 e. The zero-order valence-corrected chi connectivity index (χ0v) is 14.1. The minimum atomic E-state index is -0.752. The van der Waals surface area contributed by atoms with Gasteiger partial charge in [-0.2, -0.15) is 4.98 Å². The van der Waals surface area contributed by atoms with E-state index in [9.17, 15) is 9.59 Å². The lowest BCUT2D eigenvalue weighted by molar-refractivity contribution is -0.137. The number of hydrogen-bond donors (Lipinski definition) is 2. The van der Waals surface area contributed by atoms with E-state index in [1.807, 2.05) is 30.3 Å². The molecular weight excluding hydrogens is 322 g/mol. The Kier molecular flexibility index (Phi) is 7.49. The molecule has 0 bridgehead atoms. The van der Waals surface area contributed by atoms with Crippen molar-refractivity contribution < 1.29 is 14.7 Å². The number of carboxylic acid groups (broad SMARTS) is 1. The van der Waals surface area contributed by atoms with Gasteiger partial charge in [-0.15, -0.1) is 4.73 Å². The summed E-state index contributed by atoms with van der Waals surface area (Å²) in [6.45, 7) is 0.986. The van der Waals surface area contributed by atoms with Crippen LogP contribution in [0.2, 0.25) is 0 Å². The first-order valence-electron chi connectivity index (χ1n) is 8.38. The highest BCUT2D eigenvalue weighted by atomic mass is 16.7. The lowest BCUT2D eigenvalue weighted by Gasteiger charge is -2.09. The van der Waals surface area contributed by atoms with E-state index in [4.69, 9.17) is 9.94 Å². The molecule has 0 spiro atoms. The van der Waals surface area contributed by atoms with E-state index < -0.39 is 11.7 Å². The summed E-state index contributed by atoms with van der Waals surface area (Å²) in [5.74, 6) is -0.243. The van der Waals surface area contributed by atoms with Gasteiger partial charge in [0.25, 0.3) is 0 Å². The standard InChI is InChI=1S/C18H23N3O4/c22-17(23)10-6-1-2-7-12-19-16-11-13-21(18(24)20-16)25-14-15-8-4-3-5-9-15/h3-5,8-9,11,13H,1-2,6-7,10,12,14H2,(H,22,23)(H,19,20,24). The molecule has 1 aromatic carbocycles. The lowest BCUT2D eigenvalue weighted by Crippen LogP contribution is -2.29. The average molecular weight is 345 g/mol. The number of nitrogens with one attached hydrogen (secondary N) is 1. The molecule has 134 valence electrons. The van der Waals surface area contributed by atoms with Crippen molar-refractivity contribution in [3.63, 3.8) is 0 Å². The molecule has 0 aliphatic heterocycles. The van der Waals surface area contributed by atoms with Gasteiger partial charge in [0, 0.05) is 19.0 Å². The van der Waals surface area contributed by atoms with Crippen molar-refractivity contribution in [1.29, 1.82) is 0 Å². The molecule has 1 aromatic heterocycles. The number of aliphatic carboxylic acids is 1. The van der Waals surface area contributed by atoms with Crippen LogP contribution in [0, 0.1) is 0 Å². The Morgan fingerprint density at radius 1 is 1.12 bits per heavy atom. The second kappa shape index (κ2) is 10.1. The van der Waals surface area contributed by atoms with E-state index in [1.54, 1.807) is 12.3 Å². The molecule has 0 aliphatic carbocycles. The maximum atomic E-state index is 11.9. The van der Waals surface area contributed by atoms with Crippen LogP contribution in [0.3, 0.4) is 0 Å². The maximum absolute atomic E-state index is 11.9. The number of carbonyl (C=O) groups is 1. The van der Waals surface area contributed by atoms with Gasteiger partial charge in [-0.1, -0.05) is 43.2 Å². The number of unbranched alkanes of at least 4 members (excludes halogenated alkanes) is 3. The third kappa shape index (κ3) is 7.07. The summed E-state index contributed by atoms with van der Waals surface area (Å²) in [6.07, 6.45) is 5.19. The van der Waals surface area contributed by atoms with Crippen molar-refractivity contribution in [2.75, 3.05) is 11.9 Å². The summed E-state index contributed by atoms with van der Waals surface area (Å²) in [5, 5.41) is 11.6. The zero-order chi connectivity index (χ0) is 17.9. The van der Waals surface area contributed by atoms with Crippen LogP contribution in [0.1, 0.15) is 37.7 Å². The molecule has 2 rings (SSSR count). The summed E-state index contributed by atoms with van der Waals surface area (Å²) in [6, 6.07) is 11.3. The Bertz CT molecular complexity index is 716. The third-order valence-electron chi connectivity index (χ3n) is 3.61. The van der Waals surface area contributed by atoms with E-state index in [2.05, 4.69) is 10.3 Å². The minimum absolute atomic E-state index is 0.218. The molecule has 0 aliphatic rings. The van der Waals surface area contributed by atoms with Crippen LogP contribution in [0.25, 0.3) is 0 Å². The van der Waals surface area contributed by atoms with E-state index in [1.165, 1.54) is 0 Å². The number of anilines is 1. The topological polar surface area (TPSA) is 93.5 Å². The SMILES string of the molecule is O=C(O)CCCCCCNc1ccn(OCc2ccccc2)c(=O)n1. The van der Waals surface area contributed by atoms with Gasteiger partial charge in [0.15, 0.2) is 0 Å². The van der Waals surface area contributed by atoms with Crippen molar-refractivity contribution in [3.8, 4) is 0 Å². The molecule has 25 heavy (non-hydrogen) atoms. The molecule has 0 amide bonds. The second-order valence-electron chi connectivity index (χ2n) is 5.66. The van der Waals surface area contributed by atoms with Crippen molar-refractivity contribution in [1.82, 2.24) is 9.71 Å². The van der Waals surface area contributed by atoms with Crippen molar-refractivity contribution >= 4 is 11.8 Å². The first-order chi connectivity index (χ1) is 12.1. The largest absolute Gasteiger partial charge is 0.481 e. The minimum Gasteiger partial charge on any atom is -0.481 e. The fourth-order valence-electron chi connectivity index (χ4n) is 2.28. The van der Waals surface area contributed by atoms with Gasteiger partial charge in [-0.05, 0) is 18.4 Å². The van der Waals surface area contributed by atoms with Crippen molar-refractivity contribution in [2.24, 2.45) is 0 Å². The molecule has 1 heterocycles. The number of aromatic nitrogens is 2. The summed E-state index contributed by atoms with van der Waals surface area (Å²) >= 11 is 0. The zero-order valence-electron chi connectivity index (χ0n) is 14.1. The van der Waals surface area contributed by atoms with Crippen LogP contribution >= 0.6 is 0 Å². The molecule has 0 atom stereocenters. The van der Waals surface area contributed by atoms with Crippen LogP contribution < -0.4 is 15.8 Å². The molecule has 0 fully saturated rings. The molecule has 7 nitrogen and oxygen atoms in total. The van der Waals surface area contributed by atoms with Gasteiger partial charge >= 0.3 is 11.7 Å². The molecule has 0 unspecified atom stereocenters. The highest BCUT2D eigenvalue weighted by Crippen LogP contribution is 2.04. The Morgan fingerprint density at radius 2 is 1.88 bits per heavy atom. The van der Waals surface area contributed by atoms with Gasteiger partial charge < -0.3 is 15.3 Å². The molecule has 7 heteroatoms. The Hall–Kier alpha value is -2.83. The quantitative estimate of drug-likeness (QED) is 0.607. The number of carboxylic acids is 1. The van der Waals surface area contributed by atoms with E-state index in [0.717, 1.165) is 29.6 Å². The van der Waals surface area contributed by atoms with Gasteiger partial charge in [0.1, 0.15) is 12.4 Å². The Labute approximate surface area is 146 Å². The molecule has 0 saturated carbocycles. The number of nitrogens with zero attached hydrogens (tertiary/aromatic N) is 2. The van der Waals surface area contributed by atoms with Gasteiger partial charge in [-0.25, -0.2) is 4.79 Å². The van der Waals surface area contributed by atoms with Crippen LogP contribution in [-0.4, -0.2) is 27.3 Å². The first-order valence-corrected chi connectivity index (χ1v) is 8.38. The lowest BCUT2D eigenvalue weighted by atomic mass is 10.1. The van der Waals surface area contributed by atoms with Crippen LogP contribution in [0.4, 0.5) is 5.82 Å². The predicted molar refractivity (Wildman–Crippen MR) is 94.4 cm³/mol. The second-order valence-corrected chi connectivity index (χ2v) is 5.66. The highest BCUT2D eigenvalue weighted by molar-refractivity contribution is 5.66. The molecule has 0 radical (unpaired) electrons. The predicted octanol–water partition coefficient (Wildman–Crippen LogP) is 2.32. The van der Waals surface area contributed by atoms with Gasteiger partial charge in [0.2, 0.25) is 0 Å². The fourth-order valence-corrected chi connectivity index (χ4v) is 2.28. The van der Waals surface area contributed by atoms with E-state index in [-0.39, 0.29) is 6.42 Å². The summed E-state index contributed by atoms with van der Waals surface area (Å²) in [7, 11) is 0. The van der Waals surface area contributed by atoms with E-state index >= 15 is 0 Å². The van der Waals surface area contributed by atoms with Crippen molar-refractivity contribution in [3.05, 3.63) is 58.6 Å². The molecular formula is C18H23N3O4. The highest BCUT2D eigenvalue weighted by Gasteiger charge is 2.02. The first kappa shape index (κ1) is 18.5. The summed E-state index contributed by atoms with van der Waals surface area (Å²) in [5.41, 5.74) is 0.502. The van der Waals surface area contributed by atoms with Gasteiger partial charge in [0.05, 0.1) is 6.20 Å². The average Bonchev–Trinajstić information content (AvgIpc) is 2.61. The number of benzene rings is 1. The van der Waals surface area contributed by atoms with Crippen LogP contribution in [0.5, 0.6) is 0 Å². The summed E-state index contributed by atoms with van der Waals surface area (Å²) in [4.78, 5) is 31.7. The van der Waals surface area contributed by atoms with E-state index in [0.29, 0.717) is 25.4 Å². The molecule has 2 N–H and O–H groups in total. The van der Waals surface area contributed by atoms with Gasteiger partial charge in [-0.3, -0.25) is 4.79 Å².